The van der Waals surface area contributed by atoms with Crippen LogP contribution in [0.1, 0.15) is 34.6 Å². The van der Waals surface area contributed by atoms with Gasteiger partial charge in [-0.3, -0.25) is 9.59 Å². The largest absolute Gasteiger partial charge is 0.496 e. The van der Waals surface area contributed by atoms with Crippen molar-refractivity contribution >= 4 is 34.8 Å². The van der Waals surface area contributed by atoms with Gasteiger partial charge >= 0.3 is 0 Å². The number of nitrogens with one attached hydrogen (secondary N) is 2. The number of halogens is 1. The fraction of sp³-hybridized carbons (Fsp3) is 0.231. The summed E-state index contributed by atoms with van der Waals surface area (Å²) < 4.78 is 22.2. The second-order valence-electron chi connectivity index (χ2n) is 7.14. The predicted octanol–water partition coefficient (Wildman–Crippen LogP) is 5.66. The van der Waals surface area contributed by atoms with Crippen molar-refractivity contribution in [2.45, 2.75) is 13.8 Å². The molecule has 0 aliphatic carbocycles. The molecule has 0 unspecified atom stereocenters. The van der Waals surface area contributed by atoms with Crippen LogP contribution < -0.4 is 29.6 Å². The van der Waals surface area contributed by atoms with E-state index in [1.807, 2.05) is 13.8 Å². The normalized spacial score (nSPS) is 10.3. The van der Waals surface area contributed by atoms with Gasteiger partial charge in [-0.05, 0) is 38.1 Å². The molecule has 3 aromatic carbocycles. The van der Waals surface area contributed by atoms with E-state index in [4.69, 9.17) is 30.5 Å². The van der Waals surface area contributed by atoms with Crippen LogP contribution in [0.5, 0.6) is 23.0 Å². The number of benzene rings is 3. The third kappa shape index (κ3) is 5.96. The third-order valence-corrected chi connectivity index (χ3v) is 5.28. The summed E-state index contributed by atoms with van der Waals surface area (Å²) in [6.45, 7) is 4.28. The molecule has 0 saturated heterocycles. The van der Waals surface area contributed by atoms with E-state index in [0.29, 0.717) is 58.2 Å². The molecular formula is C26H27ClN2O6. The monoisotopic (exact) mass is 498 g/mol. The van der Waals surface area contributed by atoms with Crippen molar-refractivity contribution < 1.29 is 28.5 Å². The summed E-state index contributed by atoms with van der Waals surface area (Å²) in [5.74, 6) is 0.526. The van der Waals surface area contributed by atoms with Crippen molar-refractivity contribution in [2.75, 3.05) is 38.1 Å². The van der Waals surface area contributed by atoms with Crippen LogP contribution in [0.15, 0.2) is 54.6 Å². The summed E-state index contributed by atoms with van der Waals surface area (Å²) in [5.41, 5.74) is 1.27. The molecule has 8 nitrogen and oxygen atoms in total. The van der Waals surface area contributed by atoms with Gasteiger partial charge < -0.3 is 29.6 Å². The van der Waals surface area contributed by atoms with Crippen molar-refractivity contribution in [3.8, 4) is 23.0 Å². The first-order chi connectivity index (χ1) is 16.9. The third-order valence-electron chi connectivity index (χ3n) is 4.95. The van der Waals surface area contributed by atoms with E-state index >= 15 is 0 Å². The Morgan fingerprint density at radius 3 is 1.74 bits per heavy atom. The Balaban J connectivity index is 2.00. The van der Waals surface area contributed by atoms with Crippen LogP contribution in [0.2, 0.25) is 5.02 Å². The average molecular weight is 499 g/mol. The zero-order chi connectivity index (χ0) is 25.4. The van der Waals surface area contributed by atoms with Gasteiger partial charge in [0, 0.05) is 12.1 Å². The van der Waals surface area contributed by atoms with Gasteiger partial charge in [-0.15, -0.1) is 0 Å². The smallest absolute Gasteiger partial charge is 0.263 e. The van der Waals surface area contributed by atoms with Gasteiger partial charge in [0.05, 0.1) is 49.4 Å². The van der Waals surface area contributed by atoms with Crippen LogP contribution >= 0.6 is 11.6 Å². The Morgan fingerprint density at radius 1 is 0.743 bits per heavy atom. The molecule has 35 heavy (non-hydrogen) atoms. The summed E-state index contributed by atoms with van der Waals surface area (Å²) in [6.07, 6.45) is 0. The molecule has 9 heteroatoms. The highest BCUT2D eigenvalue weighted by atomic mass is 35.5. The van der Waals surface area contributed by atoms with E-state index in [1.165, 1.54) is 14.2 Å². The highest BCUT2D eigenvalue weighted by molar-refractivity contribution is 6.34. The minimum absolute atomic E-state index is 0.231. The molecule has 0 radical (unpaired) electrons. The lowest BCUT2D eigenvalue weighted by Gasteiger charge is -2.19. The second-order valence-corrected chi connectivity index (χ2v) is 7.54. The van der Waals surface area contributed by atoms with Gasteiger partial charge in [0.1, 0.15) is 28.6 Å². The molecule has 2 amide bonds. The topological polar surface area (TPSA) is 95.1 Å². The number of amides is 2. The standard InChI is InChI=1S/C26H27ClN2O6/c1-5-34-22-15-19(29-26(31)24-20(32-3)12-9-13-21(24)33-4)23(35-6-2)14-18(22)28-25(30)16-10-7-8-11-17(16)27/h7-15H,5-6H2,1-4H3,(H,28,30)(H,29,31). The first-order valence-electron chi connectivity index (χ1n) is 10.9. The zero-order valence-corrected chi connectivity index (χ0v) is 20.7. The van der Waals surface area contributed by atoms with E-state index in [0.717, 1.165) is 0 Å². The number of carbonyl (C=O) groups excluding carboxylic acids is 2. The SMILES string of the molecule is CCOc1cc(NC(=O)c2c(OC)cccc2OC)c(OCC)cc1NC(=O)c1ccccc1Cl. The number of carbonyl (C=O) groups is 2. The maximum Gasteiger partial charge on any atom is 0.263 e. The summed E-state index contributed by atoms with van der Waals surface area (Å²) in [7, 11) is 2.95. The molecule has 0 aliphatic heterocycles. The van der Waals surface area contributed by atoms with Gasteiger partial charge in [-0.2, -0.15) is 0 Å². The Morgan fingerprint density at radius 2 is 1.26 bits per heavy atom. The number of hydrogen-bond acceptors (Lipinski definition) is 6. The van der Waals surface area contributed by atoms with Crippen LogP contribution in [0.3, 0.4) is 0 Å². The highest BCUT2D eigenvalue weighted by Gasteiger charge is 2.22. The fourth-order valence-electron chi connectivity index (χ4n) is 3.40. The van der Waals surface area contributed by atoms with Gasteiger partial charge in [0.2, 0.25) is 0 Å². The lowest BCUT2D eigenvalue weighted by Crippen LogP contribution is -2.17. The number of ether oxygens (including phenoxy) is 4. The number of methoxy groups -OCH3 is 2. The molecule has 0 bridgehead atoms. The van der Waals surface area contributed by atoms with Gasteiger partial charge in [-0.1, -0.05) is 29.8 Å². The van der Waals surface area contributed by atoms with Crippen LogP contribution in [-0.2, 0) is 0 Å². The first kappa shape index (κ1) is 25.7. The Bertz CT molecular complexity index is 1190. The summed E-state index contributed by atoms with van der Waals surface area (Å²) >= 11 is 6.17. The number of anilines is 2. The predicted molar refractivity (Wildman–Crippen MR) is 136 cm³/mol. The molecule has 0 heterocycles. The molecule has 0 atom stereocenters. The lowest BCUT2D eigenvalue weighted by molar-refractivity contribution is 0.101. The average Bonchev–Trinajstić information content (AvgIpc) is 2.86. The molecule has 0 spiro atoms. The van der Waals surface area contributed by atoms with Crippen LogP contribution in [0, 0.1) is 0 Å². The Labute approximate surface area is 209 Å². The summed E-state index contributed by atoms with van der Waals surface area (Å²) in [4.78, 5) is 26.1. The maximum atomic E-state index is 13.2. The molecule has 184 valence electrons. The van der Waals surface area contributed by atoms with Crippen molar-refractivity contribution in [1.29, 1.82) is 0 Å². The summed E-state index contributed by atoms with van der Waals surface area (Å²) in [5, 5.41) is 5.98. The Kier molecular flexibility index (Phi) is 8.80. The fourth-order valence-corrected chi connectivity index (χ4v) is 3.62. The van der Waals surface area contributed by atoms with Crippen molar-refractivity contribution in [3.63, 3.8) is 0 Å². The molecular weight excluding hydrogens is 472 g/mol. The van der Waals surface area contributed by atoms with Gasteiger partial charge in [0.25, 0.3) is 11.8 Å². The first-order valence-corrected chi connectivity index (χ1v) is 11.3. The van der Waals surface area contributed by atoms with Crippen LogP contribution in [0.4, 0.5) is 11.4 Å². The van der Waals surface area contributed by atoms with E-state index < -0.39 is 11.8 Å². The van der Waals surface area contributed by atoms with E-state index in [1.54, 1.807) is 54.6 Å². The van der Waals surface area contributed by atoms with Gasteiger partial charge in [-0.25, -0.2) is 0 Å². The molecule has 2 N–H and O–H groups in total. The number of hydrogen-bond donors (Lipinski definition) is 2. The lowest BCUT2D eigenvalue weighted by atomic mass is 10.1. The maximum absolute atomic E-state index is 13.2. The van der Waals surface area contributed by atoms with E-state index in [9.17, 15) is 9.59 Å². The second kappa shape index (κ2) is 12.0. The van der Waals surface area contributed by atoms with Crippen LogP contribution in [-0.4, -0.2) is 39.2 Å². The van der Waals surface area contributed by atoms with Crippen molar-refractivity contribution in [3.05, 3.63) is 70.7 Å². The minimum atomic E-state index is -0.462. The number of rotatable bonds is 10. The molecule has 3 aromatic rings. The molecule has 3 rings (SSSR count). The van der Waals surface area contributed by atoms with Crippen molar-refractivity contribution in [2.24, 2.45) is 0 Å². The highest BCUT2D eigenvalue weighted by Crippen LogP contribution is 2.38. The molecule has 0 saturated carbocycles. The molecule has 0 fully saturated rings. The van der Waals surface area contributed by atoms with Crippen LogP contribution in [0.25, 0.3) is 0 Å². The minimum Gasteiger partial charge on any atom is -0.496 e. The van der Waals surface area contributed by atoms with E-state index in [-0.39, 0.29) is 5.56 Å². The Hall–Kier alpha value is -3.91. The quantitative estimate of drug-likeness (QED) is 0.374. The zero-order valence-electron chi connectivity index (χ0n) is 19.9. The molecule has 0 aliphatic rings. The van der Waals surface area contributed by atoms with Gasteiger partial charge in [0.15, 0.2) is 0 Å². The van der Waals surface area contributed by atoms with E-state index in [2.05, 4.69) is 10.6 Å². The summed E-state index contributed by atoms with van der Waals surface area (Å²) in [6, 6.07) is 15.0. The van der Waals surface area contributed by atoms with Crippen molar-refractivity contribution in [1.82, 2.24) is 0 Å². The molecule has 0 aromatic heterocycles.